The van der Waals surface area contributed by atoms with Gasteiger partial charge in [0, 0.05) is 24.4 Å². The number of amides is 1. The maximum Gasteiger partial charge on any atom is 0.412 e. The number of carbonyl (C=O) groups is 1. The molecule has 27 heavy (non-hydrogen) atoms. The summed E-state index contributed by atoms with van der Waals surface area (Å²) in [5.74, 6) is 0.243. The molecule has 142 valence electrons. The number of quaternary nitrogens is 1. The fraction of sp³-hybridized carbons (Fsp3) is 0.409. The number of rotatable bonds is 4. The summed E-state index contributed by atoms with van der Waals surface area (Å²) >= 11 is 0. The number of nitrogens with zero attached hydrogens (tertiary/aromatic N) is 1. The Morgan fingerprint density at radius 1 is 1.15 bits per heavy atom. The van der Waals surface area contributed by atoms with Gasteiger partial charge in [-0.15, -0.1) is 0 Å². The van der Waals surface area contributed by atoms with Gasteiger partial charge >= 0.3 is 6.09 Å². The average Bonchev–Trinajstić information content (AvgIpc) is 2.65. The molecule has 3 fully saturated rings. The quantitative estimate of drug-likeness (QED) is 0.820. The standard InChI is InChI=1S/C22H25FN2O2/c1-25-12-10-17(11-13-25)21(15-25)27-22(26)24-20-5-3-2-4-18(20)14-16-6-8-19(23)9-7-16/h2-9,17,21H,10-15H2,1H3/p+1/t17?,21-,25?/m0/s1. The van der Waals surface area contributed by atoms with Crippen molar-refractivity contribution < 1.29 is 18.4 Å². The molecule has 0 aliphatic carbocycles. The van der Waals surface area contributed by atoms with Gasteiger partial charge in [0.15, 0.2) is 6.10 Å². The molecule has 1 amide bonds. The Kier molecular flexibility index (Phi) is 4.87. The third kappa shape index (κ3) is 4.14. The lowest BCUT2D eigenvalue weighted by Crippen LogP contribution is -2.62. The minimum absolute atomic E-state index is 0.00163. The van der Waals surface area contributed by atoms with Crippen LogP contribution in [-0.2, 0) is 11.2 Å². The number of likely N-dealkylation sites (N-methyl/N-ethyl adjacent to an activating group) is 1. The molecule has 0 aromatic heterocycles. The highest BCUT2D eigenvalue weighted by atomic mass is 19.1. The summed E-state index contributed by atoms with van der Waals surface area (Å²) in [5, 5.41) is 2.92. The first-order valence-corrected chi connectivity index (χ1v) is 9.64. The average molecular weight is 369 g/mol. The Morgan fingerprint density at radius 3 is 2.56 bits per heavy atom. The summed E-state index contributed by atoms with van der Waals surface area (Å²) in [6, 6.07) is 14.1. The highest BCUT2D eigenvalue weighted by Gasteiger charge is 2.45. The van der Waals surface area contributed by atoms with Gasteiger partial charge in [-0.05, 0) is 35.7 Å². The van der Waals surface area contributed by atoms with Gasteiger partial charge in [-0.1, -0.05) is 30.3 Å². The number of halogens is 1. The summed E-state index contributed by atoms with van der Waals surface area (Å²) in [6.45, 7) is 3.29. The van der Waals surface area contributed by atoms with Crippen LogP contribution in [0.1, 0.15) is 24.0 Å². The molecule has 2 aromatic carbocycles. The summed E-state index contributed by atoms with van der Waals surface area (Å²) in [4.78, 5) is 12.5. The van der Waals surface area contributed by atoms with Gasteiger partial charge in [-0.3, -0.25) is 5.32 Å². The molecule has 0 radical (unpaired) electrons. The van der Waals surface area contributed by atoms with E-state index in [9.17, 15) is 9.18 Å². The largest absolute Gasteiger partial charge is 0.440 e. The van der Waals surface area contributed by atoms with Crippen molar-refractivity contribution in [3.63, 3.8) is 0 Å². The zero-order chi connectivity index (χ0) is 18.9. The highest BCUT2D eigenvalue weighted by Crippen LogP contribution is 2.34. The first kappa shape index (κ1) is 18.0. The van der Waals surface area contributed by atoms with Crippen molar-refractivity contribution in [2.45, 2.75) is 25.4 Å². The second-order valence-electron chi connectivity index (χ2n) is 8.12. The van der Waals surface area contributed by atoms with Crippen molar-refractivity contribution in [3.05, 3.63) is 65.5 Å². The molecule has 2 bridgehead atoms. The molecule has 4 nitrogen and oxygen atoms in total. The van der Waals surface area contributed by atoms with Crippen LogP contribution in [0.25, 0.3) is 0 Å². The van der Waals surface area contributed by atoms with Gasteiger partial charge in [0.05, 0.1) is 20.1 Å². The lowest BCUT2D eigenvalue weighted by molar-refractivity contribution is -0.928. The molecule has 0 saturated carbocycles. The first-order chi connectivity index (χ1) is 13.0. The molecular weight excluding hydrogens is 343 g/mol. The monoisotopic (exact) mass is 369 g/mol. The van der Waals surface area contributed by atoms with Gasteiger partial charge in [0.25, 0.3) is 0 Å². The molecule has 3 aliphatic heterocycles. The minimum Gasteiger partial charge on any atom is -0.440 e. The van der Waals surface area contributed by atoms with Gasteiger partial charge < -0.3 is 9.22 Å². The molecule has 2 aromatic rings. The van der Waals surface area contributed by atoms with Crippen molar-refractivity contribution in [1.29, 1.82) is 0 Å². The Labute approximate surface area is 159 Å². The second-order valence-corrected chi connectivity index (χ2v) is 8.12. The molecule has 3 aliphatic rings. The van der Waals surface area contributed by atoms with E-state index in [2.05, 4.69) is 12.4 Å². The predicted octanol–water partition coefficient (Wildman–Crippen LogP) is 4.20. The number of para-hydroxylation sites is 1. The van der Waals surface area contributed by atoms with E-state index in [0.29, 0.717) is 12.3 Å². The van der Waals surface area contributed by atoms with E-state index in [1.165, 1.54) is 25.2 Å². The van der Waals surface area contributed by atoms with Gasteiger partial charge in [0.1, 0.15) is 12.4 Å². The lowest BCUT2D eigenvalue weighted by Gasteiger charge is -2.49. The normalized spacial score (nSPS) is 26.6. The number of nitrogens with one attached hydrogen (secondary N) is 1. The van der Waals surface area contributed by atoms with E-state index in [1.807, 2.05) is 24.3 Å². The van der Waals surface area contributed by atoms with E-state index in [1.54, 1.807) is 12.1 Å². The van der Waals surface area contributed by atoms with E-state index < -0.39 is 0 Å². The molecule has 1 N–H and O–H groups in total. The van der Waals surface area contributed by atoms with Crippen molar-refractivity contribution in [2.24, 2.45) is 5.92 Å². The zero-order valence-corrected chi connectivity index (χ0v) is 15.7. The predicted molar refractivity (Wildman–Crippen MR) is 103 cm³/mol. The number of ether oxygens (including phenoxy) is 1. The molecular formula is C22H26FN2O2+. The molecule has 3 heterocycles. The van der Waals surface area contributed by atoms with Gasteiger partial charge in [0.2, 0.25) is 0 Å². The van der Waals surface area contributed by atoms with Gasteiger partial charge in [-0.2, -0.15) is 0 Å². The third-order valence-electron chi connectivity index (χ3n) is 6.05. The van der Waals surface area contributed by atoms with Crippen LogP contribution in [0, 0.1) is 11.7 Å². The number of carbonyl (C=O) groups excluding carboxylic acids is 1. The molecule has 3 saturated heterocycles. The fourth-order valence-corrected chi connectivity index (χ4v) is 4.38. The highest BCUT2D eigenvalue weighted by molar-refractivity contribution is 5.85. The minimum atomic E-state index is -0.382. The van der Waals surface area contributed by atoms with Crippen molar-refractivity contribution in [3.8, 4) is 0 Å². The van der Waals surface area contributed by atoms with E-state index in [4.69, 9.17) is 4.74 Å². The van der Waals surface area contributed by atoms with Crippen LogP contribution in [0.3, 0.4) is 0 Å². The molecule has 5 heteroatoms. The number of anilines is 1. The molecule has 5 rings (SSSR count). The number of hydrogen-bond acceptors (Lipinski definition) is 2. The topological polar surface area (TPSA) is 38.3 Å². The van der Waals surface area contributed by atoms with Crippen LogP contribution in [0.15, 0.2) is 48.5 Å². The first-order valence-electron chi connectivity index (χ1n) is 9.64. The zero-order valence-electron chi connectivity index (χ0n) is 15.7. The van der Waals surface area contributed by atoms with E-state index >= 15 is 0 Å². The summed E-state index contributed by atoms with van der Waals surface area (Å²) in [7, 11) is 2.25. The Bertz CT molecular complexity index is 813. The second kappa shape index (κ2) is 7.31. The van der Waals surface area contributed by atoms with E-state index in [-0.39, 0.29) is 18.0 Å². The van der Waals surface area contributed by atoms with E-state index in [0.717, 1.165) is 40.7 Å². The Morgan fingerprint density at radius 2 is 1.85 bits per heavy atom. The third-order valence-corrected chi connectivity index (χ3v) is 6.05. The molecule has 1 atom stereocenters. The van der Waals surface area contributed by atoms with Crippen LogP contribution in [0.2, 0.25) is 0 Å². The maximum atomic E-state index is 13.1. The van der Waals surface area contributed by atoms with Crippen molar-refractivity contribution >= 4 is 11.8 Å². The Hall–Kier alpha value is -2.40. The lowest BCUT2D eigenvalue weighted by atomic mass is 9.84. The SMILES string of the molecule is C[N+]12CCC(CC1)[C@@H](OC(=O)Nc1ccccc1Cc1ccc(F)cc1)C2. The molecule has 0 spiro atoms. The van der Waals surface area contributed by atoms with Crippen LogP contribution < -0.4 is 5.32 Å². The van der Waals surface area contributed by atoms with Crippen LogP contribution in [0.5, 0.6) is 0 Å². The van der Waals surface area contributed by atoms with Crippen LogP contribution >= 0.6 is 0 Å². The number of fused-ring (bicyclic) bond motifs is 3. The smallest absolute Gasteiger partial charge is 0.412 e. The number of piperidine rings is 3. The number of benzene rings is 2. The van der Waals surface area contributed by atoms with Crippen molar-refractivity contribution in [2.75, 3.05) is 32.0 Å². The summed E-state index contributed by atoms with van der Waals surface area (Å²) in [5.41, 5.74) is 2.72. The maximum absolute atomic E-state index is 13.1. The van der Waals surface area contributed by atoms with Crippen LogP contribution in [0.4, 0.5) is 14.9 Å². The summed E-state index contributed by atoms with van der Waals surface area (Å²) < 4.78 is 19.9. The summed E-state index contributed by atoms with van der Waals surface area (Å²) in [6.07, 6.45) is 2.51. The Balaban J connectivity index is 1.42. The van der Waals surface area contributed by atoms with Crippen molar-refractivity contribution in [1.82, 2.24) is 0 Å². The van der Waals surface area contributed by atoms with Crippen LogP contribution in [-0.4, -0.2) is 43.4 Å². The molecule has 0 unspecified atom stereocenters. The fourth-order valence-electron chi connectivity index (χ4n) is 4.38. The van der Waals surface area contributed by atoms with Gasteiger partial charge in [-0.25, -0.2) is 9.18 Å². The number of hydrogen-bond donors (Lipinski definition) is 1.